The van der Waals surface area contributed by atoms with E-state index in [1.54, 1.807) is 0 Å². The molecule has 0 fully saturated rings. The summed E-state index contributed by atoms with van der Waals surface area (Å²) in [6.07, 6.45) is 0.579. The van der Waals surface area contributed by atoms with E-state index in [1.807, 2.05) is 0 Å². The monoisotopic (exact) mass is 300 g/mol. The Bertz CT molecular complexity index is 326. The van der Waals surface area contributed by atoms with Gasteiger partial charge in [0.1, 0.15) is 0 Å². The van der Waals surface area contributed by atoms with Gasteiger partial charge in [-0.15, -0.1) is 0 Å². The molecule has 0 aliphatic rings. The number of hydrogen-bond donors (Lipinski definition) is 1. The number of hydrogen-bond acceptors (Lipinski definition) is 6. The van der Waals surface area contributed by atoms with E-state index in [9.17, 15) is 21.4 Å². The molecule has 0 atom stereocenters. The van der Waals surface area contributed by atoms with Gasteiger partial charge in [-0.2, -0.15) is 20.2 Å². The van der Waals surface area contributed by atoms with Crippen LogP contribution in [0.2, 0.25) is 0 Å². The minimum atomic E-state index is -4.14. The van der Waals surface area contributed by atoms with E-state index in [2.05, 4.69) is 0 Å². The zero-order valence-corrected chi connectivity index (χ0v) is 13.4. The largest absolute Gasteiger partial charge is 1.00 e. The third kappa shape index (κ3) is 17.6. The van der Waals surface area contributed by atoms with E-state index in [0.717, 1.165) is 0 Å². The van der Waals surface area contributed by atoms with Crippen LogP contribution < -0.4 is 29.6 Å². The summed E-state index contributed by atoms with van der Waals surface area (Å²) >= 11 is 1.36. The number of rotatable bonds is 8. The first-order valence-electron chi connectivity index (χ1n) is 4.17. The fraction of sp³-hybridized carbons (Fsp3) is 1.00. The van der Waals surface area contributed by atoms with Crippen molar-refractivity contribution in [2.45, 2.75) is 12.8 Å². The molecule has 0 bridgehead atoms. The van der Waals surface area contributed by atoms with Gasteiger partial charge in [0, 0.05) is 5.75 Å². The van der Waals surface area contributed by atoms with E-state index >= 15 is 0 Å². The molecule has 0 spiro atoms. The Morgan fingerprint density at radius 3 is 1.81 bits per heavy atom. The van der Waals surface area contributed by atoms with Crippen LogP contribution in [-0.4, -0.2) is 49.0 Å². The smallest absolute Gasteiger partial charge is 0.748 e. The van der Waals surface area contributed by atoms with Gasteiger partial charge in [0.15, 0.2) is 0 Å². The van der Waals surface area contributed by atoms with Crippen LogP contribution in [0.25, 0.3) is 0 Å². The first-order valence-corrected chi connectivity index (χ1v) is 8.51. The van der Waals surface area contributed by atoms with Crippen molar-refractivity contribution in [3.05, 3.63) is 0 Å². The Labute approximate surface area is 122 Å². The molecule has 0 amide bonds. The third-order valence-electron chi connectivity index (χ3n) is 1.37. The molecule has 0 rings (SSSR count). The molecule has 0 aromatic rings. The maximum absolute atomic E-state index is 10.3. The van der Waals surface area contributed by atoms with Crippen LogP contribution >= 0.6 is 11.8 Å². The normalized spacial score (nSPS) is 12.1. The fourth-order valence-corrected chi connectivity index (χ4v) is 3.06. The molecular formula is C6H13NaO6S3. The average molecular weight is 300 g/mol. The fourth-order valence-electron chi connectivity index (χ4n) is 0.783. The molecule has 0 radical (unpaired) electrons. The van der Waals surface area contributed by atoms with E-state index in [1.165, 1.54) is 11.8 Å². The molecule has 0 heterocycles. The molecule has 0 unspecified atom stereocenters. The van der Waals surface area contributed by atoms with Crippen molar-refractivity contribution < 1.29 is 55.5 Å². The molecule has 6 nitrogen and oxygen atoms in total. The summed E-state index contributed by atoms with van der Waals surface area (Å²) in [6.45, 7) is 0. The van der Waals surface area contributed by atoms with Crippen LogP contribution in [0.1, 0.15) is 12.8 Å². The van der Waals surface area contributed by atoms with Crippen molar-refractivity contribution in [3.8, 4) is 0 Å². The standard InChI is InChI=1S/C6H14O6S3.Na/c7-14(8,9)5-1-3-13-4-2-6-15(10,11)12;/h1-6H2,(H,7,8,9)(H,10,11,12);/q;+1/p-1. The Morgan fingerprint density at radius 2 is 1.44 bits per heavy atom. The van der Waals surface area contributed by atoms with Crippen molar-refractivity contribution in [1.82, 2.24) is 0 Å². The quantitative estimate of drug-likeness (QED) is 0.288. The maximum atomic E-state index is 10.3. The summed E-state index contributed by atoms with van der Waals surface area (Å²) in [7, 11) is -8.04. The minimum absolute atomic E-state index is 0. The summed E-state index contributed by atoms with van der Waals surface area (Å²) in [5.41, 5.74) is 0. The Kier molecular flexibility index (Phi) is 11.2. The first-order chi connectivity index (χ1) is 6.71. The predicted octanol–water partition coefficient (Wildman–Crippen LogP) is -3.06. The van der Waals surface area contributed by atoms with Gasteiger partial charge in [-0.3, -0.25) is 4.55 Å². The first kappa shape index (κ1) is 19.5. The van der Waals surface area contributed by atoms with Crippen molar-refractivity contribution in [1.29, 1.82) is 0 Å². The Balaban J connectivity index is 0. The summed E-state index contributed by atoms with van der Waals surface area (Å²) in [6, 6.07) is 0. The zero-order chi connectivity index (χ0) is 11.9. The van der Waals surface area contributed by atoms with Crippen LogP contribution in [0.4, 0.5) is 0 Å². The molecule has 0 aromatic heterocycles. The summed E-state index contributed by atoms with van der Waals surface area (Å²) in [5.74, 6) is 0.323. The molecule has 0 aliphatic heterocycles. The van der Waals surface area contributed by atoms with Crippen LogP contribution in [0.3, 0.4) is 0 Å². The summed E-state index contributed by atoms with van der Waals surface area (Å²) in [4.78, 5) is 0. The zero-order valence-electron chi connectivity index (χ0n) is 8.96. The van der Waals surface area contributed by atoms with Crippen LogP contribution in [0.5, 0.6) is 0 Å². The second-order valence-corrected chi connectivity index (χ2v) is 7.19. The van der Waals surface area contributed by atoms with Crippen LogP contribution in [0.15, 0.2) is 0 Å². The van der Waals surface area contributed by atoms with Gasteiger partial charge in [-0.25, -0.2) is 8.42 Å². The maximum Gasteiger partial charge on any atom is 1.00 e. The molecule has 16 heavy (non-hydrogen) atoms. The molecule has 0 aliphatic carbocycles. The van der Waals surface area contributed by atoms with Gasteiger partial charge in [0.05, 0.1) is 15.9 Å². The van der Waals surface area contributed by atoms with Crippen LogP contribution in [0, 0.1) is 0 Å². The molecule has 0 aromatic carbocycles. The van der Waals surface area contributed by atoms with Gasteiger partial charge in [-0.05, 0) is 24.3 Å². The molecule has 0 saturated heterocycles. The van der Waals surface area contributed by atoms with Gasteiger partial charge >= 0.3 is 29.6 Å². The van der Waals surface area contributed by atoms with Crippen LogP contribution in [-0.2, 0) is 20.2 Å². The van der Waals surface area contributed by atoms with Gasteiger partial charge in [-0.1, -0.05) is 0 Å². The second kappa shape index (κ2) is 9.15. The number of thioether (sulfide) groups is 1. The minimum Gasteiger partial charge on any atom is -0.748 e. The summed E-state index contributed by atoms with van der Waals surface area (Å²) < 4.78 is 59.4. The van der Waals surface area contributed by atoms with Crippen molar-refractivity contribution in [3.63, 3.8) is 0 Å². The molecule has 92 valence electrons. The second-order valence-electron chi connectivity index (χ2n) is 2.87. The predicted molar refractivity (Wildman–Crippen MR) is 57.5 cm³/mol. The van der Waals surface area contributed by atoms with Crippen molar-refractivity contribution >= 4 is 32.0 Å². The molecular weight excluding hydrogens is 287 g/mol. The topological polar surface area (TPSA) is 112 Å². The van der Waals surface area contributed by atoms with E-state index in [-0.39, 0.29) is 41.7 Å². The molecule has 0 saturated carbocycles. The van der Waals surface area contributed by atoms with Gasteiger partial charge in [0.25, 0.3) is 10.1 Å². The summed E-state index contributed by atoms with van der Waals surface area (Å²) in [5, 5.41) is 0. The van der Waals surface area contributed by atoms with Gasteiger partial charge in [0.2, 0.25) is 0 Å². The van der Waals surface area contributed by atoms with E-state index in [4.69, 9.17) is 4.55 Å². The molecule has 1 N–H and O–H groups in total. The Hall–Kier alpha value is 1.17. The SMILES string of the molecule is O=S(=O)([O-])CCCSCCCS(=O)(=O)O.[Na+]. The third-order valence-corrected chi connectivity index (χ3v) is 4.12. The Morgan fingerprint density at radius 1 is 1.00 bits per heavy atom. The van der Waals surface area contributed by atoms with Crippen molar-refractivity contribution in [2.75, 3.05) is 23.0 Å². The van der Waals surface area contributed by atoms with E-state index < -0.39 is 26.0 Å². The van der Waals surface area contributed by atoms with E-state index in [0.29, 0.717) is 17.9 Å². The molecule has 10 heteroatoms. The average Bonchev–Trinajstić information content (AvgIpc) is 1.98. The van der Waals surface area contributed by atoms with Crippen molar-refractivity contribution in [2.24, 2.45) is 0 Å². The van der Waals surface area contributed by atoms with Gasteiger partial charge < -0.3 is 4.55 Å².